The molecule has 6 heteroatoms. The van der Waals surface area contributed by atoms with Gasteiger partial charge in [0.15, 0.2) is 0 Å². The zero-order valence-corrected chi connectivity index (χ0v) is 15.4. The maximum atomic E-state index is 12.9. The molecule has 23 heavy (non-hydrogen) atoms. The van der Waals surface area contributed by atoms with Crippen molar-refractivity contribution in [1.82, 2.24) is 4.90 Å². The van der Waals surface area contributed by atoms with Crippen LogP contribution in [0.4, 0.5) is 0 Å². The molecule has 1 heterocycles. The van der Waals surface area contributed by atoms with Crippen LogP contribution in [0.3, 0.4) is 0 Å². The summed E-state index contributed by atoms with van der Waals surface area (Å²) in [6, 6.07) is 6.86. The van der Waals surface area contributed by atoms with Crippen molar-refractivity contribution >= 4 is 35.2 Å². The molecule has 1 saturated heterocycles. The molecule has 1 fully saturated rings. The lowest BCUT2D eigenvalue weighted by molar-refractivity contribution is -0.156. The molecule has 0 aromatic heterocycles. The summed E-state index contributed by atoms with van der Waals surface area (Å²) < 4.78 is 5.15. The van der Waals surface area contributed by atoms with E-state index < -0.39 is 11.5 Å². The SMILES string of the molecule is CCOC(=O)C1CSC(c2ccccc2Cl)N1C(=O)C(C)(C)C. The van der Waals surface area contributed by atoms with E-state index in [1.807, 2.05) is 39.0 Å². The monoisotopic (exact) mass is 355 g/mol. The van der Waals surface area contributed by atoms with Gasteiger partial charge in [-0.15, -0.1) is 11.8 Å². The van der Waals surface area contributed by atoms with Gasteiger partial charge in [0.05, 0.1) is 6.61 Å². The minimum Gasteiger partial charge on any atom is -0.464 e. The molecule has 1 aromatic rings. The van der Waals surface area contributed by atoms with Crippen LogP contribution in [0.5, 0.6) is 0 Å². The Balaban J connectivity index is 2.41. The molecule has 1 amide bonds. The third-order valence-electron chi connectivity index (χ3n) is 3.61. The van der Waals surface area contributed by atoms with E-state index in [0.29, 0.717) is 17.4 Å². The number of thioether (sulfide) groups is 1. The van der Waals surface area contributed by atoms with Crippen LogP contribution in [-0.4, -0.2) is 35.2 Å². The summed E-state index contributed by atoms with van der Waals surface area (Å²) in [5.41, 5.74) is 0.262. The molecule has 4 nitrogen and oxygen atoms in total. The van der Waals surface area contributed by atoms with Crippen molar-refractivity contribution in [2.45, 2.75) is 39.1 Å². The van der Waals surface area contributed by atoms with Crippen LogP contribution in [0.1, 0.15) is 38.6 Å². The van der Waals surface area contributed by atoms with Crippen LogP contribution in [-0.2, 0) is 14.3 Å². The summed E-state index contributed by atoms with van der Waals surface area (Å²) in [5.74, 6) is 0.0777. The summed E-state index contributed by atoms with van der Waals surface area (Å²) in [6.45, 7) is 7.62. The molecular formula is C17H22ClNO3S. The maximum Gasteiger partial charge on any atom is 0.329 e. The number of carbonyl (C=O) groups excluding carboxylic acids is 2. The Morgan fingerprint density at radius 3 is 2.57 bits per heavy atom. The van der Waals surface area contributed by atoms with Gasteiger partial charge in [0.2, 0.25) is 5.91 Å². The van der Waals surface area contributed by atoms with Crippen LogP contribution in [0.2, 0.25) is 5.02 Å². The third kappa shape index (κ3) is 3.83. The molecule has 126 valence electrons. The Hall–Kier alpha value is -1.20. The lowest BCUT2D eigenvalue weighted by Gasteiger charge is -2.34. The summed E-state index contributed by atoms with van der Waals surface area (Å²) >= 11 is 7.85. The molecule has 2 rings (SSSR count). The predicted octanol–water partition coefficient (Wildman–Crippen LogP) is 3.89. The molecule has 0 N–H and O–H groups in total. The first-order valence-electron chi connectivity index (χ1n) is 7.62. The van der Waals surface area contributed by atoms with Crippen molar-refractivity contribution in [3.63, 3.8) is 0 Å². The number of nitrogens with zero attached hydrogens (tertiary/aromatic N) is 1. The average molecular weight is 356 g/mol. The molecule has 1 aromatic carbocycles. The Labute approximate surface area is 146 Å². The highest BCUT2D eigenvalue weighted by Gasteiger charge is 2.46. The number of rotatable bonds is 3. The zero-order valence-electron chi connectivity index (χ0n) is 13.8. The van der Waals surface area contributed by atoms with Gasteiger partial charge in [-0.05, 0) is 13.0 Å². The van der Waals surface area contributed by atoms with Crippen molar-refractivity contribution in [2.75, 3.05) is 12.4 Å². The molecule has 2 atom stereocenters. The Morgan fingerprint density at radius 1 is 1.35 bits per heavy atom. The van der Waals surface area contributed by atoms with Gasteiger partial charge in [-0.2, -0.15) is 0 Å². The highest BCUT2D eigenvalue weighted by Crippen LogP contribution is 2.45. The topological polar surface area (TPSA) is 46.6 Å². The fourth-order valence-electron chi connectivity index (χ4n) is 2.48. The van der Waals surface area contributed by atoms with E-state index in [1.54, 1.807) is 29.7 Å². The van der Waals surface area contributed by atoms with E-state index >= 15 is 0 Å². The summed E-state index contributed by atoms with van der Waals surface area (Å²) in [4.78, 5) is 26.9. The molecule has 1 aliphatic heterocycles. The van der Waals surface area contributed by atoms with Crippen LogP contribution >= 0.6 is 23.4 Å². The van der Waals surface area contributed by atoms with Gasteiger partial charge >= 0.3 is 5.97 Å². The van der Waals surface area contributed by atoms with Crippen LogP contribution in [0.15, 0.2) is 24.3 Å². The van der Waals surface area contributed by atoms with Crippen LogP contribution < -0.4 is 0 Å². The van der Waals surface area contributed by atoms with E-state index in [-0.39, 0.29) is 17.3 Å². The number of hydrogen-bond acceptors (Lipinski definition) is 4. The smallest absolute Gasteiger partial charge is 0.329 e. The Bertz CT molecular complexity index is 600. The van der Waals surface area contributed by atoms with Gasteiger partial charge < -0.3 is 9.64 Å². The highest BCUT2D eigenvalue weighted by molar-refractivity contribution is 7.99. The molecule has 0 aliphatic carbocycles. The average Bonchev–Trinajstić information content (AvgIpc) is 2.90. The van der Waals surface area contributed by atoms with Crippen molar-refractivity contribution in [2.24, 2.45) is 5.41 Å². The molecule has 1 aliphatic rings. The largest absolute Gasteiger partial charge is 0.464 e. The van der Waals surface area contributed by atoms with E-state index in [1.165, 1.54) is 0 Å². The molecule has 0 bridgehead atoms. The number of ether oxygens (including phenoxy) is 1. The fourth-order valence-corrected chi connectivity index (χ4v) is 4.23. The number of halogens is 1. The van der Waals surface area contributed by atoms with Gasteiger partial charge in [-0.3, -0.25) is 4.79 Å². The fraction of sp³-hybridized carbons (Fsp3) is 0.529. The second kappa shape index (κ2) is 7.14. The van der Waals surface area contributed by atoms with Gasteiger partial charge in [-0.1, -0.05) is 50.6 Å². The zero-order chi connectivity index (χ0) is 17.2. The third-order valence-corrected chi connectivity index (χ3v) is 5.26. The molecule has 0 spiro atoms. The number of carbonyl (C=O) groups is 2. The number of amides is 1. The van der Waals surface area contributed by atoms with Crippen molar-refractivity contribution in [3.8, 4) is 0 Å². The number of esters is 1. The lowest BCUT2D eigenvalue weighted by Crippen LogP contribution is -2.48. The molecule has 0 radical (unpaired) electrons. The Morgan fingerprint density at radius 2 is 2.00 bits per heavy atom. The normalized spacial score (nSPS) is 21.3. The minimum atomic E-state index is -0.588. The lowest BCUT2D eigenvalue weighted by atomic mass is 9.93. The molecule has 2 unspecified atom stereocenters. The first kappa shape index (κ1) is 18.1. The second-order valence-electron chi connectivity index (χ2n) is 6.44. The van der Waals surface area contributed by atoms with E-state index in [2.05, 4.69) is 0 Å². The van der Waals surface area contributed by atoms with Gasteiger partial charge in [0.1, 0.15) is 11.4 Å². The quantitative estimate of drug-likeness (QED) is 0.772. The van der Waals surface area contributed by atoms with Crippen molar-refractivity contribution < 1.29 is 14.3 Å². The summed E-state index contributed by atoms with van der Waals surface area (Å²) in [6.07, 6.45) is 0. The second-order valence-corrected chi connectivity index (χ2v) is 7.96. The highest BCUT2D eigenvalue weighted by atomic mass is 35.5. The number of hydrogen-bond donors (Lipinski definition) is 0. The van der Waals surface area contributed by atoms with Gasteiger partial charge in [0, 0.05) is 21.8 Å². The Kier molecular flexibility index (Phi) is 5.63. The van der Waals surface area contributed by atoms with Gasteiger partial charge in [-0.25, -0.2) is 4.79 Å². The summed E-state index contributed by atoms with van der Waals surface area (Å²) in [7, 11) is 0. The maximum absolute atomic E-state index is 12.9. The van der Waals surface area contributed by atoms with Crippen LogP contribution in [0, 0.1) is 5.41 Å². The molecule has 0 saturated carbocycles. The van der Waals surface area contributed by atoms with Crippen molar-refractivity contribution in [1.29, 1.82) is 0 Å². The standard InChI is InChI=1S/C17H22ClNO3S/c1-5-22-15(20)13-10-23-14(11-8-6-7-9-12(11)18)19(13)16(21)17(2,3)4/h6-9,13-14H,5,10H2,1-4H3. The first-order valence-corrected chi connectivity index (χ1v) is 9.05. The predicted molar refractivity (Wildman–Crippen MR) is 93.4 cm³/mol. The van der Waals surface area contributed by atoms with E-state index in [0.717, 1.165) is 5.56 Å². The molecular weight excluding hydrogens is 334 g/mol. The number of benzene rings is 1. The minimum absolute atomic E-state index is 0.0783. The van der Waals surface area contributed by atoms with Gasteiger partial charge in [0.25, 0.3) is 0 Å². The van der Waals surface area contributed by atoms with Crippen LogP contribution in [0.25, 0.3) is 0 Å². The first-order chi connectivity index (χ1) is 10.8. The van der Waals surface area contributed by atoms with E-state index in [9.17, 15) is 9.59 Å². The van der Waals surface area contributed by atoms with E-state index in [4.69, 9.17) is 16.3 Å². The van der Waals surface area contributed by atoms with Crippen molar-refractivity contribution in [3.05, 3.63) is 34.9 Å². The summed E-state index contributed by atoms with van der Waals surface area (Å²) in [5, 5.41) is 0.325.